The number of amides is 3. The Kier molecular flexibility index (Phi) is 4.95. The Balaban J connectivity index is 1.49. The maximum absolute atomic E-state index is 12.9. The third-order valence-electron chi connectivity index (χ3n) is 6.24. The van der Waals surface area contributed by atoms with Gasteiger partial charge in [-0.3, -0.25) is 24.6 Å². The molecule has 1 unspecified atom stereocenters. The maximum Gasteiger partial charge on any atom is 0.255 e. The zero-order valence-corrected chi connectivity index (χ0v) is 15.8. The molecule has 8 nitrogen and oxygen atoms in total. The van der Waals surface area contributed by atoms with Crippen LogP contribution in [0.25, 0.3) is 0 Å². The minimum absolute atomic E-state index is 0.150. The number of likely N-dealkylation sites (tertiary alicyclic amines) is 1. The zero-order valence-electron chi connectivity index (χ0n) is 15.8. The molecule has 0 saturated carbocycles. The summed E-state index contributed by atoms with van der Waals surface area (Å²) >= 11 is 0. The van der Waals surface area contributed by atoms with E-state index in [1.54, 1.807) is 11.0 Å². The molecule has 0 aromatic heterocycles. The molecule has 0 radical (unpaired) electrons. The van der Waals surface area contributed by atoms with Crippen molar-refractivity contribution >= 4 is 17.7 Å². The van der Waals surface area contributed by atoms with E-state index in [4.69, 9.17) is 5.73 Å². The predicted octanol–water partition coefficient (Wildman–Crippen LogP) is -0.267. The maximum atomic E-state index is 12.9. The van der Waals surface area contributed by atoms with Gasteiger partial charge in [-0.15, -0.1) is 0 Å². The largest absolute Gasteiger partial charge is 0.388 e. The highest BCUT2D eigenvalue weighted by Gasteiger charge is 2.40. The van der Waals surface area contributed by atoms with E-state index in [0.717, 1.165) is 24.2 Å². The van der Waals surface area contributed by atoms with Gasteiger partial charge in [0.05, 0.1) is 5.60 Å². The van der Waals surface area contributed by atoms with Gasteiger partial charge in [-0.2, -0.15) is 0 Å². The number of rotatable bonds is 4. The van der Waals surface area contributed by atoms with Crippen LogP contribution in [0.15, 0.2) is 18.2 Å². The molecule has 28 heavy (non-hydrogen) atoms. The number of carbonyl (C=O) groups is 3. The van der Waals surface area contributed by atoms with Gasteiger partial charge < -0.3 is 15.7 Å². The van der Waals surface area contributed by atoms with Crippen molar-refractivity contribution in [2.75, 3.05) is 19.6 Å². The lowest BCUT2D eigenvalue weighted by molar-refractivity contribution is -0.136. The second kappa shape index (κ2) is 7.27. The van der Waals surface area contributed by atoms with Crippen LogP contribution in [-0.4, -0.2) is 63.9 Å². The molecule has 1 aromatic rings. The third-order valence-corrected chi connectivity index (χ3v) is 6.24. The van der Waals surface area contributed by atoms with Crippen LogP contribution in [0, 0.1) is 0 Å². The molecule has 2 saturated heterocycles. The fourth-order valence-corrected chi connectivity index (χ4v) is 4.37. The van der Waals surface area contributed by atoms with Crippen LogP contribution in [-0.2, 0) is 22.7 Å². The number of carbonyl (C=O) groups excluding carboxylic acids is 3. The Labute approximate surface area is 163 Å². The molecular formula is C20H26N4O4. The third kappa shape index (κ3) is 3.43. The fourth-order valence-electron chi connectivity index (χ4n) is 4.37. The minimum atomic E-state index is -0.770. The summed E-state index contributed by atoms with van der Waals surface area (Å²) in [6.07, 6.45) is 1.89. The normalized spacial score (nSPS) is 25.0. The van der Waals surface area contributed by atoms with Gasteiger partial charge in [0.25, 0.3) is 5.91 Å². The standard InChI is InChI=1S/C20H26N4O4/c21-12-20(28)6-8-23(9-7-20)10-13-2-1-3-14-15(13)11-24(19(14)27)16-4-5-17(25)22-18(16)26/h1-3,16,28H,4-12,21H2,(H,22,25,26). The van der Waals surface area contributed by atoms with Gasteiger partial charge in [-0.25, -0.2) is 0 Å². The van der Waals surface area contributed by atoms with E-state index in [2.05, 4.69) is 10.2 Å². The average molecular weight is 386 g/mol. The van der Waals surface area contributed by atoms with Crippen LogP contribution in [0.1, 0.15) is 47.2 Å². The van der Waals surface area contributed by atoms with Gasteiger partial charge in [0.15, 0.2) is 0 Å². The van der Waals surface area contributed by atoms with Crippen molar-refractivity contribution in [1.82, 2.24) is 15.1 Å². The molecule has 1 aromatic carbocycles. The molecule has 8 heteroatoms. The van der Waals surface area contributed by atoms with Gasteiger partial charge in [0.2, 0.25) is 11.8 Å². The Hall–Kier alpha value is -2.29. The number of imide groups is 1. The van der Waals surface area contributed by atoms with E-state index in [1.165, 1.54) is 0 Å². The Morgan fingerprint density at radius 3 is 2.64 bits per heavy atom. The molecular weight excluding hydrogens is 360 g/mol. The number of nitrogens with two attached hydrogens (primary N) is 1. The summed E-state index contributed by atoms with van der Waals surface area (Å²) in [7, 11) is 0. The second-order valence-corrected chi connectivity index (χ2v) is 8.05. The lowest BCUT2D eigenvalue weighted by Gasteiger charge is -2.37. The summed E-state index contributed by atoms with van der Waals surface area (Å²) in [5.74, 6) is -0.827. The van der Waals surface area contributed by atoms with Crippen LogP contribution in [0.3, 0.4) is 0 Å². The van der Waals surface area contributed by atoms with Gasteiger partial charge in [-0.05, 0) is 36.5 Å². The van der Waals surface area contributed by atoms with E-state index in [0.29, 0.717) is 37.9 Å². The average Bonchev–Trinajstić information content (AvgIpc) is 3.02. The second-order valence-electron chi connectivity index (χ2n) is 8.05. The molecule has 0 aliphatic carbocycles. The summed E-state index contributed by atoms with van der Waals surface area (Å²) in [6, 6.07) is 5.10. The van der Waals surface area contributed by atoms with Gasteiger partial charge in [0.1, 0.15) is 6.04 Å². The SMILES string of the molecule is NCC1(O)CCN(Cc2cccc3c2CN(C2CCC(=O)NC2=O)C3=O)CC1. The monoisotopic (exact) mass is 386 g/mol. The van der Waals surface area contributed by atoms with E-state index >= 15 is 0 Å². The van der Waals surface area contributed by atoms with Crippen molar-refractivity contribution in [2.45, 2.75) is 50.4 Å². The zero-order chi connectivity index (χ0) is 19.9. The number of benzene rings is 1. The summed E-state index contributed by atoms with van der Waals surface area (Å²) in [5.41, 5.74) is 7.56. The highest BCUT2D eigenvalue weighted by atomic mass is 16.3. The van der Waals surface area contributed by atoms with Gasteiger partial charge in [0, 0.05) is 44.7 Å². The number of hydrogen-bond acceptors (Lipinski definition) is 6. The highest BCUT2D eigenvalue weighted by Crippen LogP contribution is 2.31. The van der Waals surface area contributed by atoms with Crippen molar-refractivity contribution < 1.29 is 19.5 Å². The van der Waals surface area contributed by atoms with Crippen LogP contribution >= 0.6 is 0 Å². The van der Waals surface area contributed by atoms with Crippen molar-refractivity contribution in [3.8, 4) is 0 Å². The van der Waals surface area contributed by atoms with Crippen LogP contribution in [0.4, 0.5) is 0 Å². The molecule has 3 heterocycles. The number of fused-ring (bicyclic) bond motifs is 1. The molecule has 0 bridgehead atoms. The van der Waals surface area contributed by atoms with E-state index in [-0.39, 0.29) is 24.8 Å². The molecule has 4 rings (SSSR count). The number of aliphatic hydroxyl groups is 1. The topological polar surface area (TPSA) is 116 Å². The number of nitrogens with zero attached hydrogens (tertiary/aromatic N) is 2. The summed E-state index contributed by atoms with van der Waals surface area (Å²) in [4.78, 5) is 40.4. The molecule has 3 aliphatic rings. The van der Waals surface area contributed by atoms with E-state index in [1.807, 2.05) is 12.1 Å². The number of piperidine rings is 2. The van der Waals surface area contributed by atoms with Crippen LogP contribution in [0.2, 0.25) is 0 Å². The first-order chi connectivity index (χ1) is 13.4. The Morgan fingerprint density at radius 2 is 1.96 bits per heavy atom. The summed E-state index contributed by atoms with van der Waals surface area (Å²) in [5, 5.41) is 12.6. The van der Waals surface area contributed by atoms with Crippen LogP contribution < -0.4 is 11.1 Å². The van der Waals surface area contributed by atoms with Crippen molar-refractivity contribution in [3.63, 3.8) is 0 Å². The molecule has 1 atom stereocenters. The van der Waals surface area contributed by atoms with Crippen LogP contribution in [0.5, 0.6) is 0 Å². The first-order valence-corrected chi connectivity index (χ1v) is 9.80. The first kappa shape index (κ1) is 19.0. The molecule has 0 spiro atoms. The quantitative estimate of drug-likeness (QED) is 0.614. The predicted molar refractivity (Wildman–Crippen MR) is 101 cm³/mol. The number of hydrogen-bond donors (Lipinski definition) is 3. The summed E-state index contributed by atoms with van der Waals surface area (Å²) < 4.78 is 0. The molecule has 4 N–H and O–H groups in total. The summed E-state index contributed by atoms with van der Waals surface area (Å²) in [6.45, 7) is 2.86. The fraction of sp³-hybridized carbons (Fsp3) is 0.550. The molecule has 2 fully saturated rings. The Bertz CT molecular complexity index is 816. The lowest BCUT2D eigenvalue weighted by atomic mass is 9.91. The molecule has 150 valence electrons. The van der Waals surface area contributed by atoms with Crippen molar-refractivity contribution in [1.29, 1.82) is 0 Å². The van der Waals surface area contributed by atoms with E-state index in [9.17, 15) is 19.5 Å². The van der Waals surface area contributed by atoms with Gasteiger partial charge >= 0.3 is 0 Å². The lowest BCUT2D eigenvalue weighted by Crippen LogP contribution is -2.52. The smallest absolute Gasteiger partial charge is 0.255 e. The van der Waals surface area contributed by atoms with Crippen molar-refractivity contribution in [3.05, 3.63) is 34.9 Å². The Morgan fingerprint density at radius 1 is 1.21 bits per heavy atom. The van der Waals surface area contributed by atoms with E-state index < -0.39 is 17.6 Å². The first-order valence-electron chi connectivity index (χ1n) is 9.80. The molecule has 3 amide bonds. The highest BCUT2D eigenvalue weighted by molar-refractivity contribution is 6.05. The van der Waals surface area contributed by atoms with Crippen molar-refractivity contribution in [2.24, 2.45) is 5.73 Å². The minimum Gasteiger partial charge on any atom is -0.388 e. The number of nitrogens with one attached hydrogen (secondary N) is 1. The molecule has 3 aliphatic heterocycles. The van der Waals surface area contributed by atoms with Gasteiger partial charge in [-0.1, -0.05) is 12.1 Å².